The Morgan fingerprint density at radius 3 is 1.94 bits per heavy atom. The van der Waals surface area contributed by atoms with Gasteiger partial charge in [-0.2, -0.15) is 0 Å². The number of allylic oxidation sites excluding steroid dienone is 2. The summed E-state index contributed by atoms with van der Waals surface area (Å²) in [5, 5.41) is 0. The fourth-order valence-electron chi connectivity index (χ4n) is 5.13. The molecule has 3 aromatic rings. The molecule has 13 heteroatoms. The first-order chi connectivity index (χ1) is 23.2. The maximum atomic E-state index is 11.7. The first-order valence-electron chi connectivity index (χ1n) is 17.5. The first kappa shape index (κ1) is 42.8. The molecule has 0 unspecified atom stereocenters. The van der Waals surface area contributed by atoms with Crippen molar-refractivity contribution >= 4 is 23.2 Å². The molecule has 4 rings (SSSR count). The summed E-state index contributed by atoms with van der Waals surface area (Å²) in [7, 11) is 6.63. The molecule has 0 aliphatic carbocycles. The van der Waals surface area contributed by atoms with Gasteiger partial charge in [0.05, 0.1) is 18.5 Å². The number of likely N-dealkylation sites (N-methyl/N-ethyl adjacent to an activating group) is 2. The van der Waals surface area contributed by atoms with Gasteiger partial charge in [-0.3, -0.25) is 18.9 Å². The van der Waals surface area contributed by atoms with Crippen molar-refractivity contribution in [3.63, 3.8) is 0 Å². The topological polar surface area (TPSA) is 167 Å². The molecule has 49 heavy (non-hydrogen) atoms. The summed E-state index contributed by atoms with van der Waals surface area (Å²) in [5.41, 5.74) is 0.542. The number of unbranched alkanes of at least 4 members (excludes halogenated alkanes) is 12. The predicted molar refractivity (Wildman–Crippen MR) is 195 cm³/mol. The molecule has 13 nitrogen and oxygen atoms in total. The number of fused-ring (bicyclic) bond motifs is 1. The molecule has 0 bridgehead atoms. The molecular weight excluding hydrogens is 626 g/mol. The van der Waals surface area contributed by atoms with Crippen LogP contribution >= 0.6 is 0 Å². The number of ether oxygens (including phenoxy) is 1. The number of rotatable bonds is 17. The van der Waals surface area contributed by atoms with Gasteiger partial charge in [0.25, 0.3) is 5.56 Å². The van der Waals surface area contributed by atoms with E-state index in [2.05, 4.69) is 34.0 Å². The van der Waals surface area contributed by atoms with Crippen LogP contribution in [-0.4, -0.2) is 85.2 Å². The molecule has 0 spiro atoms. The van der Waals surface area contributed by atoms with Crippen molar-refractivity contribution in [2.24, 2.45) is 14.1 Å². The number of nitrogens with one attached hydrogen (secondary N) is 1. The molecule has 4 heterocycles. The lowest BCUT2D eigenvalue weighted by molar-refractivity contribution is 0.0497. The summed E-state index contributed by atoms with van der Waals surface area (Å²) in [6.45, 7) is 4.52. The van der Waals surface area contributed by atoms with Gasteiger partial charge in [-0.05, 0) is 44.2 Å². The van der Waals surface area contributed by atoms with E-state index in [4.69, 9.17) is 4.74 Å². The summed E-state index contributed by atoms with van der Waals surface area (Å²) in [4.78, 5) is 59.2. The Morgan fingerprint density at radius 1 is 0.837 bits per heavy atom. The molecule has 274 valence electrons. The largest absolute Gasteiger partial charge is 0.462 e. The van der Waals surface area contributed by atoms with Crippen molar-refractivity contribution in [2.75, 3.05) is 33.8 Å². The summed E-state index contributed by atoms with van der Waals surface area (Å²) < 4.78 is 7.63. The third-order valence-corrected chi connectivity index (χ3v) is 8.24. The number of carbonyl (C=O) groups is 2. The van der Waals surface area contributed by atoms with Gasteiger partial charge in [-0.15, -0.1) is 0 Å². The molecule has 0 saturated carbocycles. The first-order valence-corrected chi connectivity index (χ1v) is 17.5. The number of hydrogen-bond acceptors (Lipinski definition) is 7. The minimum atomic E-state index is -0.371. The number of H-pyrrole nitrogens is 1. The monoisotopic (exact) mass is 685 g/mol. The fraction of sp³-hybridized carbons (Fsp3) is 0.611. The van der Waals surface area contributed by atoms with E-state index in [0.29, 0.717) is 23.3 Å². The lowest BCUT2D eigenvalue weighted by Crippen LogP contribution is -2.36. The van der Waals surface area contributed by atoms with Crippen molar-refractivity contribution in [2.45, 2.75) is 96.8 Å². The van der Waals surface area contributed by atoms with Gasteiger partial charge in [0, 0.05) is 53.7 Å². The number of aryl methyl sites for hydroxylation is 1. The van der Waals surface area contributed by atoms with Gasteiger partial charge >= 0.3 is 17.7 Å². The molecule has 0 radical (unpaired) electrons. The smallest absolute Gasteiger partial charge is 0.339 e. The van der Waals surface area contributed by atoms with Gasteiger partial charge in [-0.1, -0.05) is 76.9 Å². The third-order valence-electron chi connectivity index (χ3n) is 8.24. The minimum absolute atomic E-state index is 0. The highest BCUT2D eigenvalue weighted by Crippen LogP contribution is 2.10. The second-order valence-corrected chi connectivity index (χ2v) is 12.2. The van der Waals surface area contributed by atoms with Crippen molar-refractivity contribution in [1.29, 1.82) is 0 Å². The lowest BCUT2D eigenvalue weighted by atomic mass is 10.1. The van der Waals surface area contributed by atoms with Crippen LogP contribution in [0.1, 0.15) is 107 Å². The van der Waals surface area contributed by atoms with E-state index in [1.807, 2.05) is 14.1 Å². The standard InChI is InChI=1S/C24H39NO2.C7H8N4O2.C5H10N2O.H2O/c1-2-3-4-5-6-7-8-9-10-11-12-13-14-15-16-17-21-27-24(26)23-19-18-20-25-22-23;1-10-5-4(8-3-9-5)6(12)11(2)7(10)13;1-6-3-4-7(2)5(6)8;/h9-10,18-20,22H,2-8,11-17,21H2,1H3;3H,1-2H3,(H,8,9);3-4H2,1-2H3;1H2/b10-9-;;;. The minimum Gasteiger partial charge on any atom is -0.462 e. The zero-order valence-corrected chi connectivity index (χ0v) is 30.3. The van der Waals surface area contributed by atoms with E-state index in [1.54, 1.807) is 41.4 Å². The number of pyridine rings is 1. The number of urea groups is 1. The van der Waals surface area contributed by atoms with Crippen molar-refractivity contribution in [3.8, 4) is 0 Å². The number of nitrogens with zero attached hydrogens (tertiary/aromatic N) is 6. The summed E-state index contributed by atoms with van der Waals surface area (Å²) in [6.07, 6.45) is 27.3. The Bertz CT molecular complexity index is 1490. The number of carbonyl (C=O) groups excluding carboxylic acids is 2. The molecule has 3 N–H and O–H groups in total. The van der Waals surface area contributed by atoms with Crippen LogP contribution in [-0.2, 0) is 18.8 Å². The highest BCUT2D eigenvalue weighted by atomic mass is 16.5. The average Bonchev–Trinajstić information content (AvgIpc) is 3.71. The number of aromatic amines is 1. The average molecular weight is 686 g/mol. The SMILES string of the molecule is CCCCCCCC/C=C\CCCCCCCCOC(=O)c1cccnc1.CN1CCN(C)C1=O.Cn1c(=O)c2[nH]cnc2n(C)c1=O.O. The lowest BCUT2D eigenvalue weighted by Gasteiger charge is -2.07. The van der Waals surface area contributed by atoms with Gasteiger partial charge in [0.1, 0.15) is 5.52 Å². The van der Waals surface area contributed by atoms with Gasteiger partial charge < -0.3 is 25.0 Å². The molecule has 1 fully saturated rings. The molecule has 2 amide bonds. The molecule has 3 aromatic heterocycles. The van der Waals surface area contributed by atoms with Crippen LogP contribution in [0.4, 0.5) is 4.79 Å². The van der Waals surface area contributed by atoms with Crippen LogP contribution in [0.15, 0.2) is 52.6 Å². The van der Waals surface area contributed by atoms with Crippen LogP contribution in [0.25, 0.3) is 11.2 Å². The van der Waals surface area contributed by atoms with E-state index in [0.717, 1.165) is 30.5 Å². The second kappa shape index (κ2) is 24.8. The quantitative estimate of drug-likeness (QED) is 0.113. The van der Waals surface area contributed by atoms with Crippen molar-refractivity contribution in [1.82, 2.24) is 33.9 Å². The molecule has 0 aromatic carbocycles. The van der Waals surface area contributed by atoms with E-state index in [1.165, 1.54) is 95.0 Å². The third kappa shape index (κ3) is 15.7. The highest BCUT2D eigenvalue weighted by molar-refractivity contribution is 5.88. The van der Waals surface area contributed by atoms with E-state index >= 15 is 0 Å². The molecule has 1 saturated heterocycles. The van der Waals surface area contributed by atoms with Crippen LogP contribution < -0.4 is 11.2 Å². The van der Waals surface area contributed by atoms with Crippen LogP contribution in [0.2, 0.25) is 0 Å². The van der Waals surface area contributed by atoms with Crippen LogP contribution in [0.3, 0.4) is 0 Å². The predicted octanol–water partition coefficient (Wildman–Crippen LogP) is 5.40. The molecule has 1 aliphatic rings. The molecule has 0 atom stereocenters. The van der Waals surface area contributed by atoms with Gasteiger partial charge in [0.2, 0.25) is 0 Å². The summed E-state index contributed by atoms with van der Waals surface area (Å²) >= 11 is 0. The number of esters is 1. The number of amides is 2. The highest BCUT2D eigenvalue weighted by Gasteiger charge is 2.20. The Morgan fingerprint density at radius 2 is 1.41 bits per heavy atom. The Hall–Kier alpha value is -4.26. The normalized spacial score (nSPS) is 12.4. The second-order valence-electron chi connectivity index (χ2n) is 12.2. The van der Waals surface area contributed by atoms with Gasteiger partial charge in [-0.25, -0.2) is 19.4 Å². The number of hydrogen-bond donors (Lipinski definition) is 1. The summed E-state index contributed by atoms with van der Waals surface area (Å²) in [5.74, 6) is -0.268. The zero-order valence-electron chi connectivity index (χ0n) is 30.3. The van der Waals surface area contributed by atoms with Crippen LogP contribution in [0.5, 0.6) is 0 Å². The molecular formula is C36H59N7O6. The Labute approximate surface area is 290 Å². The maximum absolute atomic E-state index is 11.7. The van der Waals surface area contributed by atoms with E-state index in [-0.39, 0.29) is 28.7 Å². The number of imidazole rings is 1. The Kier molecular flexibility index (Phi) is 21.7. The van der Waals surface area contributed by atoms with E-state index in [9.17, 15) is 19.2 Å². The Balaban J connectivity index is 0.000000444. The zero-order chi connectivity index (χ0) is 35.1. The molecule has 1 aliphatic heterocycles. The van der Waals surface area contributed by atoms with Gasteiger partial charge in [0.15, 0.2) is 5.65 Å². The van der Waals surface area contributed by atoms with Crippen molar-refractivity contribution < 1.29 is 19.8 Å². The van der Waals surface area contributed by atoms with Crippen molar-refractivity contribution in [3.05, 3.63) is 69.4 Å². The van der Waals surface area contributed by atoms with Crippen LogP contribution in [0, 0.1) is 0 Å². The summed E-state index contributed by atoms with van der Waals surface area (Å²) in [6, 6.07) is 3.61. The maximum Gasteiger partial charge on any atom is 0.339 e. The fourth-order valence-corrected chi connectivity index (χ4v) is 5.13. The number of aromatic nitrogens is 5. The van der Waals surface area contributed by atoms with E-state index < -0.39 is 0 Å².